The van der Waals surface area contributed by atoms with Crippen LogP contribution in [0.4, 0.5) is 15.9 Å². The number of para-hydroxylation sites is 1. The van der Waals surface area contributed by atoms with E-state index in [1.807, 2.05) is 0 Å². The number of aromatic nitrogens is 2. The molecule has 44 heavy (non-hydrogen) atoms. The Morgan fingerprint density at radius 3 is 2.52 bits per heavy atom. The molecular weight excluding hydrogens is 604 g/mol. The van der Waals surface area contributed by atoms with E-state index in [9.17, 15) is 33.8 Å². The summed E-state index contributed by atoms with van der Waals surface area (Å²) < 4.78 is 51.9. The number of esters is 1. The highest BCUT2D eigenvalue weighted by Crippen LogP contribution is 2.46. The van der Waals surface area contributed by atoms with E-state index >= 15 is 0 Å². The van der Waals surface area contributed by atoms with Crippen molar-refractivity contribution in [2.75, 3.05) is 12.3 Å². The molecule has 2 heterocycles. The van der Waals surface area contributed by atoms with Crippen molar-refractivity contribution in [2.24, 2.45) is 0 Å². The lowest BCUT2D eigenvalue weighted by molar-refractivity contribution is -0.384. The van der Waals surface area contributed by atoms with E-state index in [-0.39, 0.29) is 17.3 Å². The third-order valence-corrected chi connectivity index (χ3v) is 8.28. The third-order valence-electron chi connectivity index (χ3n) is 6.63. The molecule has 17 heteroatoms. The van der Waals surface area contributed by atoms with Crippen LogP contribution >= 0.6 is 7.75 Å². The Labute approximate surface area is 250 Å². The van der Waals surface area contributed by atoms with Crippen molar-refractivity contribution in [3.63, 3.8) is 0 Å². The van der Waals surface area contributed by atoms with Crippen molar-refractivity contribution >= 4 is 25.2 Å². The molecule has 4 rings (SSSR count). The van der Waals surface area contributed by atoms with Crippen molar-refractivity contribution in [3.05, 3.63) is 93.0 Å². The van der Waals surface area contributed by atoms with Crippen LogP contribution in [0.25, 0.3) is 0 Å². The van der Waals surface area contributed by atoms with Crippen LogP contribution in [-0.2, 0) is 29.0 Å². The lowest BCUT2D eigenvalue weighted by Crippen LogP contribution is -2.39. The number of aliphatic hydroxyl groups is 1. The second-order valence-electron chi connectivity index (χ2n) is 10.3. The van der Waals surface area contributed by atoms with Gasteiger partial charge < -0.3 is 24.8 Å². The Hall–Kier alpha value is -4.21. The Morgan fingerprint density at radius 1 is 1.25 bits per heavy atom. The zero-order valence-electron chi connectivity index (χ0n) is 23.8. The van der Waals surface area contributed by atoms with E-state index in [1.54, 1.807) is 32.0 Å². The Balaban J connectivity index is 1.47. The number of rotatable bonds is 12. The molecule has 15 nitrogen and oxygen atoms in total. The van der Waals surface area contributed by atoms with Gasteiger partial charge in [0.05, 0.1) is 11.5 Å². The van der Waals surface area contributed by atoms with Crippen molar-refractivity contribution in [2.45, 2.75) is 57.0 Å². The number of anilines is 1. The number of halogens is 1. The van der Waals surface area contributed by atoms with Crippen molar-refractivity contribution in [1.29, 1.82) is 0 Å². The first kappa shape index (κ1) is 32.7. The van der Waals surface area contributed by atoms with Crippen LogP contribution in [0.2, 0.25) is 0 Å². The molecule has 1 aliphatic heterocycles. The van der Waals surface area contributed by atoms with Gasteiger partial charge in [0.1, 0.15) is 35.4 Å². The lowest BCUT2D eigenvalue weighted by Gasteiger charge is -2.29. The van der Waals surface area contributed by atoms with Gasteiger partial charge in [-0.1, -0.05) is 18.2 Å². The molecule has 0 amide bonds. The summed E-state index contributed by atoms with van der Waals surface area (Å²) in [5, 5.41) is 23.9. The predicted octanol–water partition coefficient (Wildman–Crippen LogP) is 2.99. The first-order valence-electron chi connectivity index (χ1n) is 13.3. The number of alkyl halides is 1. The second kappa shape index (κ2) is 13.2. The number of nitro groups is 1. The highest BCUT2D eigenvalue weighted by molar-refractivity contribution is 7.52. The molecular formula is C27H31FN5O10P. The number of benzene rings is 2. The number of nitrogen functional groups attached to an aromatic ring is 1. The minimum Gasteiger partial charge on any atom is -0.454 e. The van der Waals surface area contributed by atoms with Crippen LogP contribution < -0.4 is 21.0 Å². The number of ether oxygens (including phenoxy) is 2. The molecule has 1 saturated heterocycles. The SMILES string of the molecule is C[C@H](NP(=O)(OCC1OC(n2ccc(N)nc2=O)C(F)C1O)Oc1ccccc1)C(=O)OC(C)(C)c1ccc([N+](=O)[O-])cc1. The average molecular weight is 636 g/mol. The summed E-state index contributed by atoms with van der Waals surface area (Å²) in [6.45, 7) is 3.80. The molecule has 0 spiro atoms. The summed E-state index contributed by atoms with van der Waals surface area (Å²) in [7, 11) is -4.45. The summed E-state index contributed by atoms with van der Waals surface area (Å²) in [4.78, 5) is 39.2. The average Bonchev–Trinajstić information content (AvgIpc) is 3.25. The summed E-state index contributed by atoms with van der Waals surface area (Å²) in [6, 6.07) is 13.2. The Morgan fingerprint density at radius 2 is 1.91 bits per heavy atom. The molecule has 2 aromatic carbocycles. The quantitative estimate of drug-likeness (QED) is 0.113. The molecule has 0 bridgehead atoms. The third kappa shape index (κ3) is 7.65. The van der Waals surface area contributed by atoms with Crippen LogP contribution in [0, 0.1) is 10.1 Å². The fraction of sp³-hybridized carbons (Fsp3) is 0.370. The highest BCUT2D eigenvalue weighted by atomic mass is 31.2. The maximum absolute atomic E-state index is 15.0. The van der Waals surface area contributed by atoms with Crippen molar-refractivity contribution in [3.8, 4) is 5.75 Å². The van der Waals surface area contributed by atoms with E-state index in [4.69, 9.17) is 24.3 Å². The van der Waals surface area contributed by atoms with Gasteiger partial charge in [-0.25, -0.2) is 13.8 Å². The fourth-order valence-corrected chi connectivity index (χ4v) is 5.74. The minimum atomic E-state index is -4.45. The van der Waals surface area contributed by atoms with Gasteiger partial charge in [-0.15, -0.1) is 0 Å². The standard InChI is InChI=1S/C27H31FN5O10P/c1-16(25(35)42-27(2,3)17-9-11-18(12-10-17)33(37)38)31-44(39,43-19-7-5-4-6-8-19)40-15-20-23(34)22(28)24(41-20)32-14-13-21(29)30-26(32)36/h4-14,16,20,22-24,34H,15H2,1-3H3,(H,31,39)(H2,29,30,36)/t16-,20?,22?,23?,24?,44?/m0/s1. The normalized spacial score (nSPS) is 22.1. The van der Waals surface area contributed by atoms with E-state index in [0.717, 1.165) is 10.8 Å². The van der Waals surface area contributed by atoms with Crippen LogP contribution in [0.5, 0.6) is 5.75 Å². The maximum atomic E-state index is 15.0. The van der Waals surface area contributed by atoms with E-state index in [0.29, 0.717) is 5.56 Å². The van der Waals surface area contributed by atoms with Crippen LogP contribution in [0.1, 0.15) is 32.6 Å². The Kier molecular flexibility index (Phi) is 9.81. The smallest absolute Gasteiger partial charge is 0.454 e. The monoisotopic (exact) mass is 635 g/mol. The van der Waals surface area contributed by atoms with Gasteiger partial charge in [-0.2, -0.15) is 10.1 Å². The van der Waals surface area contributed by atoms with Gasteiger partial charge in [0.15, 0.2) is 12.4 Å². The van der Waals surface area contributed by atoms with Gasteiger partial charge in [0.2, 0.25) is 0 Å². The number of carbonyl (C=O) groups is 1. The molecule has 1 fully saturated rings. The molecule has 0 aliphatic carbocycles. The number of nitrogens with zero attached hydrogens (tertiary/aromatic N) is 3. The minimum absolute atomic E-state index is 0.0889. The van der Waals surface area contributed by atoms with Crippen molar-refractivity contribution in [1.82, 2.24) is 14.6 Å². The van der Waals surface area contributed by atoms with Crippen LogP contribution in [0.15, 0.2) is 71.7 Å². The van der Waals surface area contributed by atoms with E-state index < -0.39 is 67.2 Å². The maximum Gasteiger partial charge on any atom is 0.459 e. The molecule has 4 N–H and O–H groups in total. The number of nitrogens with one attached hydrogen (secondary N) is 1. The Bertz CT molecular complexity index is 1590. The fourth-order valence-electron chi connectivity index (χ4n) is 4.24. The number of carbonyl (C=O) groups excluding carboxylic acids is 1. The molecule has 0 radical (unpaired) electrons. The molecule has 0 saturated carbocycles. The van der Waals surface area contributed by atoms with Gasteiger partial charge in [0, 0.05) is 18.3 Å². The second-order valence-corrected chi connectivity index (χ2v) is 12.0. The number of non-ortho nitro benzene ring substituents is 1. The number of aliphatic hydroxyl groups excluding tert-OH is 1. The molecule has 1 aliphatic rings. The molecule has 5 unspecified atom stereocenters. The number of nitro benzene ring substituents is 1. The number of hydrogen-bond donors (Lipinski definition) is 3. The largest absolute Gasteiger partial charge is 0.459 e. The van der Waals surface area contributed by atoms with Gasteiger partial charge in [-0.3, -0.25) is 24.0 Å². The van der Waals surface area contributed by atoms with Crippen LogP contribution in [-0.4, -0.2) is 56.6 Å². The zero-order valence-corrected chi connectivity index (χ0v) is 24.7. The first-order valence-corrected chi connectivity index (χ1v) is 14.8. The summed E-state index contributed by atoms with van der Waals surface area (Å²) in [5.41, 5.74) is 3.65. The zero-order chi connectivity index (χ0) is 32.2. The first-order chi connectivity index (χ1) is 20.7. The number of nitrogens with two attached hydrogens (primary N) is 1. The highest BCUT2D eigenvalue weighted by Gasteiger charge is 2.47. The molecule has 236 valence electrons. The molecule has 6 atom stereocenters. The van der Waals surface area contributed by atoms with Crippen LogP contribution in [0.3, 0.4) is 0 Å². The number of hydrogen-bond acceptors (Lipinski definition) is 12. The summed E-state index contributed by atoms with van der Waals surface area (Å²) in [6.07, 6.45) is -5.69. The summed E-state index contributed by atoms with van der Waals surface area (Å²) in [5.74, 6) is -0.859. The topological polar surface area (TPSA) is 207 Å². The van der Waals surface area contributed by atoms with E-state index in [2.05, 4.69) is 10.1 Å². The van der Waals surface area contributed by atoms with Crippen molar-refractivity contribution < 1.29 is 42.3 Å². The molecule has 3 aromatic rings. The van der Waals surface area contributed by atoms with Gasteiger partial charge in [0.25, 0.3) is 5.69 Å². The van der Waals surface area contributed by atoms with E-state index in [1.165, 1.54) is 49.4 Å². The lowest BCUT2D eigenvalue weighted by atomic mass is 9.97. The summed E-state index contributed by atoms with van der Waals surface area (Å²) >= 11 is 0. The van der Waals surface area contributed by atoms with Gasteiger partial charge >= 0.3 is 19.4 Å². The molecule has 1 aromatic heterocycles. The van der Waals surface area contributed by atoms with Gasteiger partial charge in [-0.05, 0) is 56.7 Å². The predicted molar refractivity (Wildman–Crippen MR) is 153 cm³/mol.